The maximum Gasteiger partial charge on any atom is 0.254 e. The van der Waals surface area contributed by atoms with E-state index in [4.69, 9.17) is 4.98 Å². The van der Waals surface area contributed by atoms with Crippen molar-refractivity contribution in [2.45, 2.75) is 0 Å². The zero-order chi connectivity index (χ0) is 21.9. The summed E-state index contributed by atoms with van der Waals surface area (Å²) in [5.41, 5.74) is 3.44. The lowest BCUT2D eigenvalue weighted by atomic mass is 10.0. The second kappa shape index (κ2) is 8.59. The van der Waals surface area contributed by atoms with Crippen LogP contribution in [0.4, 0.5) is 0 Å². The van der Waals surface area contributed by atoms with Crippen molar-refractivity contribution in [1.29, 1.82) is 0 Å². The average Bonchev–Trinajstić information content (AvgIpc) is 2.88. The summed E-state index contributed by atoms with van der Waals surface area (Å²) in [5.74, 6) is -0.0444. The molecule has 0 aliphatic carbocycles. The first-order valence-electron chi connectivity index (χ1n) is 10.7. The van der Waals surface area contributed by atoms with Gasteiger partial charge in [-0.15, -0.1) is 0 Å². The summed E-state index contributed by atoms with van der Waals surface area (Å²) in [7, 11) is 0. The first-order chi connectivity index (χ1) is 15.7. The fraction of sp³-hybridized carbons (Fsp3) is 0.154. The number of hydrogen-bond acceptors (Lipinski definition) is 4. The molecule has 5 rings (SSSR count). The molecule has 1 aliphatic heterocycles. The molecule has 32 heavy (non-hydrogen) atoms. The molecule has 0 saturated carbocycles. The molecule has 0 unspecified atom stereocenters. The number of rotatable bonds is 3. The smallest absolute Gasteiger partial charge is 0.254 e. The van der Waals surface area contributed by atoms with Gasteiger partial charge in [-0.1, -0.05) is 42.5 Å². The number of pyridine rings is 2. The summed E-state index contributed by atoms with van der Waals surface area (Å²) < 4.78 is 0. The third-order valence-electron chi connectivity index (χ3n) is 5.75. The molecule has 0 radical (unpaired) electrons. The number of fused-ring (bicyclic) bond motifs is 1. The lowest BCUT2D eigenvalue weighted by Gasteiger charge is -2.35. The van der Waals surface area contributed by atoms with Crippen LogP contribution in [-0.4, -0.2) is 57.8 Å². The molecule has 6 nitrogen and oxygen atoms in total. The van der Waals surface area contributed by atoms with E-state index in [1.54, 1.807) is 6.20 Å². The lowest BCUT2D eigenvalue weighted by Crippen LogP contribution is -2.50. The first-order valence-corrected chi connectivity index (χ1v) is 10.7. The Balaban J connectivity index is 1.40. The molecule has 6 heteroatoms. The summed E-state index contributed by atoms with van der Waals surface area (Å²) in [5, 5.41) is 0.819. The van der Waals surface area contributed by atoms with E-state index < -0.39 is 0 Å². The van der Waals surface area contributed by atoms with Crippen LogP contribution in [0.5, 0.6) is 0 Å². The fourth-order valence-electron chi connectivity index (χ4n) is 4.04. The van der Waals surface area contributed by atoms with E-state index in [0.29, 0.717) is 43.0 Å². The van der Waals surface area contributed by atoms with E-state index in [2.05, 4.69) is 4.98 Å². The zero-order valence-corrected chi connectivity index (χ0v) is 17.5. The van der Waals surface area contributed by atoms with E-state index in [1.807, 2.05) is 88.7 Å². The Morgan fingerprint density at radius 1 is 0.688 bits per heavy atom. The van der Waals surface area contributed by atoms with Crippen molar-refractivity contribution in [1.82, 2.24) is 19.8 Å². The van der Waals surface area contributed by atoms with Crippen LogP contribution in [-0.2, 0) is 0 Å². The Bertz CT molecular complexity index is 1270. The minimum atomic E-state index is -0.0485. The van der Waals surface area contributed by atoms with Crippen molar-refractivity contribution < 1.29 is 9.59 Å². The molecule has 1 aliphatic rings. The molecule has 0 atom stereocenters. The quantitative estimate of drug-likeness (QED) is 0.502. The molecule has 0 spiro atoms. The monoisotopic (exact) mass is 422 g/mol. The number of hydrogen-bond donors (Lipinski definition) is 0. The van der Waals surface area contributed by atoms with Gasteiger partial charge in [-0.25, -0.2) is 4.98 Å². The molecule has 158 valence electrons. The van der Waals surface area contributed by atoms with Crippen molar-refractivity contribution in [2.75, 3.05) is 26.2 Å². The largest absolute Gasteiger partial charge is 0.335 e. The third kappa shape index (κ3) is 3.83. The highest BCUT2D eigenvalue weighted by molar-refractivity contribution is 6.07. The van der Waals surface area contributed by atoms with Gasteiger partial charge in [0.1, 0.15) is 0 Å². The van der Waals surface area contributed by atoms with E-state index in [1.165, 1.54) is 0 Å². The van der Waals surface area contributed by atoms with Gasteiger partial charge >= 0.3 is 0 Å². The summed E-state index contributed by atoms with van der Waals surface area (Å²) in [6.07, 6.45) is 1.72. The van der Waals surface area contributed by atoms with Crippen molar-refractivity contribution in [3.8, 4) is 11.4 Å². The molecule has 2 aromatic heterocycles. The van der Waals surface area contributed by atoms with Gasteiger partial charge in [0.15, 0.2) is 0 Å². The Morgan fingerprint density at radius 3 is 2.06 bits per heavy atom. The molecule has 3 heterocycles. The number of nitrogens with zero attached hydrogens (tertiary/aromatic N) is 4. The summed E-state index contributed by atoms with van der Waals surface area (Å²) in [6, 6.07) is 24.4. The summed E-state index contributed by atoms with van der Waals surface area (Å²) >= 11 is 0. The summed E-state index contributed by atoms with van der Waals surface area (Å²) in [6.45, 7) is 2.01. The van der Waals surface area contributed by atoms with Crippen LogP contribution < -0.4 is 0 Å². The van der Waals surface area contributed by atoms with Gasteiger partial charge in [0.25, 0.3) is 11.8 Å². The molecule has 0 N–H and O–H groups in total. The van der Waals surface area contributed by atoms with Gasteiger partial charge in [-0.3, -0.25) is 14.6 Å². The molecule has 1 saturated heterocycles. The van der Waals surface area contributed by atoms with Gasteiger partial charge in [0.05, 0.1) is 22.5 Å². The number of carbonyl (C=O) groups excluding carboxylic acids is 2. The minimum Gasteiger partial charge on any atom is -0.335 e. The highest BCUT2D eigenvalue weighted by Gasteiger charge is 2.27. The molecular formula is C26H22N4O2. The van der Waals surface area contributed by atoms with Crippen LogP contribution in [0.25, 0.3) is 22.3 Å². The molecular weight excluding hydrogens is 400 g/mol. The van der Waals surface area contributed by atoms with Crippen molar-refractivity contribution in [3.63, 3.8) is 0 Å². The first kappa shape index (κ1) is 19.9. The van der Waals surface area contributed by atoms with E-state index >= 15 is 0 Å². The Kier molecular flexibility index (Phi) is 5.34. The zero-order valence-electron chi connectivity index (χ0n) is 17.5. The maximum atomic E-state index is 13.5. The van der Waals surface area contributed by atoms with Crippen molar-refractivity contribution in [3.05, 3.63) is 96.2 Å². The van der Waals surface area contributed by atoms with Crippen LogP contribution in [0.3, 0.4) is 0 Å². The minimum absolute atomic E-state index is 0.00416. The van der Waals surface area contributed by atoms with Crippen LogP contribution in [0.2, 0.25) is 0 Å². The topological polar surface area (TPSA) is 66.4 Å². The number of piperazine rings is 1. The van der Waals surface area contributed by atoms with Crippen LogP contribution in [0.15, 0.2) is 85.1 Å². The normalized spacial score (nSPS) is 13.9. The second-order valence-corrected chi connectivity index (χ2v) is 7.74. The van der Waals surface area contributed by atoms with Crippen LogP contribution in [0, 0.1) is 0 Å². The van der Waals surface area contributed by atoms with Gasteiger partial charge < -0.3 is 9.80 Å². The molecule has 0 bridgehead atoms. The number of para-hydroxylation sites is 1. The predicted molar refractivity (Wildman–Crippen MR) is 123 cm³/mol. The predicted octanol–water partition coefficient (Wildman–Crippen LogP) is 3.90. The summed E-state index contributed by atoms with van der Waals surface area (Å²) in [4.78, 5) is 39.0. The number of aromatic nitrogens is 2. The van der Waals surface area contributed by atoms with Crippen molar-refractivity contribution >= 4 is 22.7 Å². The van der Waals surface area contributed by atoms with E-state index in [0.717, 1.165) is 16.6 Å². The standard InChI is InChI=1S/C26H22N4O2/c31-25(19-8-2-1-3-9-19)29-14-16-30(17-15-29)26(32)21-18-24(23-12-6-7-13-27-23)28-22-11-5-4-10-20(21)22/h1-13,18H,14-17H2. The van der Waals surface area contributed by atoms with E-state index in [-0.39, 0.29) is 11.8 Å². The Morgan fingerprint density at radius 2 is 1.34 bits per heavy atom. The van der Waals surface area contributed by atoms with Crippen molar-refractivity contribution in [2.24, 2.45) is 0 Å². The fourth-order valence-corrected chi connectivity index (χ4v) is 4.04. The third-order valence-corrected chi connectivity index (χ3v) is 5.75. The molecule has 4 aromatic rings. The lowest BCUT2D eigenvalue weighted by molar-refractivity contribution is 0.0536. The van der Waals surface area contributed by atoms with Crippen LogP contribution in [0.1, 0.15) is 20.7 Å². The molecule has 2 amide bonds. The SMILES string of the molecule is O=C(c1ccccc1)N1CCN(C(=O)c2cc(-c3ccccn3)nc3ccccc23)CC1. The number of amides is 2. The van der Waals surface area contributed by atoms with Gasteiger partial charge in [0, 0.05) is 43.3 Å². The van der Waals surface area contributed by atoms with E-state index in [9.17, 15) is 9.59 Å². The van der Waals surface area contributed by atoms with Gasteiger partial charge in [0.2, 0.25) is 0 Å². The molecule has 2 aromatic carbocycles. The number of benzene rings is 2. The maximum absolute atomic E-state index is 13.5. The Hall–Kier alpha value is -4.06. The second-order valence-electron chi connectivity index (χ2n) is 7.74. The van der Waals surface area contributed by atoms with Crippen LogP contribution >= 0.6 is 0 Å². The number of carbonyl (C=O) groups is 2. The average molecular weight is 422 g/mol. The Labute approximate surface area is 186 Å². The highest BCUT2D eigenvalue weighted by atomic mass is 16.2. The molecule has 1 fully saturated rings. The highest BCUT2D eigenvalue weighted by Crippen LogP contribution is 2.25. The van der Waals surface area contributed by atoms with Gasteiger partial charge in [-0.2, -0.15) is 0 Å². The van der Waals surface area contributed by atoms with Gasteiger partial charge in [-0.05, 0) is 36.4 Å².